The van der Waals surface area contributed by atoms with Gasteiger partial charge in [0.25, 0.3) is 0 Å². The van der Waals surface area contributed by atoms with E-state index in [0.717, 1.165) is 70.8 Å². The monoisotopic (exact) mass is 870 g/mol. The minimum atomic E-state index is -1.31. The first-order valence-corrected chi connectivity index (χ1v) is 21.6. The predicted molar refractivity (Wildman–Crippen MR) is 243 cm³/mol. The highest BCUT2D eigenvalue weighted by Gasteiger charge is 2.28. The van der Waals surface area contributed by atoms with E-state index >= 15 is 0 Å². The highest BCUT2D eigenvalue weighted by molar-refractivity contribution is 7.13. The lowest BCUT2D eigenvalue weighted by atomic mass is 9.92. The molecule has 0 spiro atoms. The Morgan fingerprint density at radius 2 is 1.60 bits per heavy atom. The van der Waals surface area contributed by atoms with Gasteiger partial charge in [0.2, 0.25) is 12.0 Å². The number of nitrogens with zero attached hydrogens (tertiary/aromatic N) is 6. The Labute approximate surface area is 369 Å². The number of benzene rings is 4. The second-order valence-electron chi connectivity index (χ2n) is 15.2. The van der Waals surface area contributed by atoms with Crippen LogP contribution in [0.3, 0.4) is 0 Å². The molecule has 0 unspecified atom stereocenters. The molecule has 3 aromatic heterocycles. The van der Waals surface area contributed by atoms with Crippen LogP contribution in [0.2, 0.25) is 5.02 Å². The molecule has 0 bridgehead atoms. The van der Waals surface area contributed by atoms with E-state index in [9.17, 15) is 9.90 Å². The molecule has 318 valence electrons. The van der Waals surface area contributed by atoms with Crippen molar-refractivity contribution in [2.45, 2.75) is 33.0 Å². The number of methoxy groups -OCH3 is 1. The van der Waals surface area contributed by atoms with Crippen LogP contribution in [0, 0.1) is 13.8 Å². The maximum absolute atomic E-state index is 13.0. The second-order valence-corrected chi connectivity index (χ2v) is 16.4. The number of carboxylic acids is 1. The smallest absolute Gasteiger partial charge is 0.345 e. The molecule has 1 saturated heterocycles. The van der Waals surface area contributed by atoms with E-state index in [2.05, 4.69) is 21.8 Å². The number of rotatable bonds is 16. The van der Waals surface area contributed by atoms with Crippen LogP contribution >= 0.6 is 23.1 Å². The van der Waals surface area contributed by atoms with Crippen molar-refractivity contribution >= 4 is 39.2 Å². The lowest BCUT2D eigenvalue weighted by Gasteiger charge is -2.32. The van der Waals surface area contributed by atoms with Crippen molar-refractivity contribution in [3.8, 4) is 56.9 Å². The van der Waals surface area contributed by atoms with Crippen molar-refractivity contribution in [1.29, 1.82) is 0 Å². The average molecular weight is 871 g/mol. The average Bonchev–Trinajstić information content (AvgIpc) is 3.70. The zero-order valence-electron chi connectivity index (χ0n) is 35.0. The number of halogens is 1. The number of carbonyl (C=O) groups is 1. The van der Waals surface area contributed by atoms with Gasteiger partial charge in [0, 0.05) is 62.7 Å². The fraction of sp³-hybridized carbons (Fsp3) is 0.271. The summed E-state index contributed by atoms with van der Waals surface area (Å²) in [5.74, 6) is 1.31. The van der Waals surface area contributed by atoms with Crippen LogP contribution in [-0.2, 0) is 17.8 Å². The third-order valence-corrected chi connectivity index (χ3v) is 12.3. The van der Waals surface area contributed by atoms with Crippen LogP contribution in [0.1, 0.15) is 22.4 Å². The summed E-state index contributed by atoms with van der Waals surface area (Å²) in [5, 5.41) is 11.8. The van der Waals surface area contributed by atoms with Gasteiger partial charge in [0.1, 0.15) is 30.5 Å². The second kappa shape index (κ2) is 19.3. The Morgan fingerprint density at radius 1 is 0.855 bits per heavy atom. The van der Waals surface area contributed by atoms with Crippen molar-refractivity contribution in [2.24, 2.45) is 0 Å². The maximum atomic E-state index is 13.0. The van der Waals surface area contributed by atoms with Crippen molar-refractivity contribution in [3.63, 3.8) is 0 Å². The van der Waals surface area contributed by atoms with Gasteiger partial charge in [0.05, 0.1) is 39.2 Å². The number of aliphatic carboxylic acids is 1. The van der Waals surface area contributed by atoms with E-state index in [-0.39, 0.29) is 18.9 Å². The summed E-state index contributed by atoms with van der Waals surface area (Å²) in [6, 6.07) is 28.6. The zero-order chi connectivity index (χ0) is 43.2. The van der Waals surface area contributed by atoms with E-state index in [1.807, 2.05) is 92.7 Å². The standard InChI is InChI=1S/C48H47ClN6O6S/c1-30-11-5-7-13-34(30)45-42(35-17-18-39(44(49)31(35)2)59-26-25-55-23-21-54(3)22-24-55)43-41(28-51-45)62-53-47(43)61-40(48(56)57)27-32-12-6-9-15-37(32)60-29-33-19-20-50-46(52-33)36-14-8-10-16-38(36)58-4/h5-20,28,40H,21-27,29H2,1-4H3,(H,56,57)/t40-/m1/s1. The quantitative estimate of drug-likeness (QED) is 0.0994. The van der Waals surface area contributed by atoms with E-state index in [4.69, 9.17) is 44.9 Å². The van der Waals surface area contributed by atoms with Gasteiger partial charge in [-0.15, -0.1) is 0 Å². The first kappa shape index (κ1) is 42.6. The SMILES string of the molecule is COc1ccccc1-c1nccc(COc2ccccc2C[C@@H](Oc2nsc3cnc(-c4ccccc4C)c(-c4ccc(OCCN5CCN(C)CC5)c(Cl)c4C)c23)C(=O)O)n1. The molecule has 4 aromatic carbocycles. The molecular formula is C48H47ClN6O6S. The Bertz CT molecular complexity index is 2700. The van der Waals surface area contributed by atoms with Gasteiger partial charge >= 0.3 is 5.97 Å². The van der Waals surface area contributed by atoms with Gasteiger partial charge in [-0.3, -0.25) is 9.88 Å². The normalized spacial score (nSPS) is 13.8. The van der Waals surface area contributed by atoms with E-state index < -0.39 is 12.1 Å². The Morgan fingerprint density at radius 3 is 2.37 bits per heavy atom. The predicted octanol–water partition coefficient (Wildman–Crippen LogP) is 9.04. The molecule has 1 aliphatic rings. The number of hydrogen-bond donors (Lipinski definition) is 1. The summed E-state index contributed by atoms with van der Waals surface area (Å²) in [7, 11) is 3.75. The van der Waals surface area contributed by atoms with Crippen LogP contribution in [0.4, 0.5) is 0 Å². The first-order chi connectivity index (χ1) is 30.2. The fourth-order valence-corrected chi connectivity index (χ4v) is 8.53. The number of ether oxygens (including phenoxy) is 4. The Hall–Kier alpha value is -6.12. The van der Waals surface area contributed by atoms with Crippen LogP contribution in [0.5, 0.6) is 23.1 Å². The summed E-state index contributed by atoms with van der Waals surface area (Å²) in [6.45, 7) is 9.52. The fourth-order valence-electron chi connectivity index (χ4n) is 7.61. The molecule has 0 amide bonds. The third-order valence-electron chi connectivity index (χ3n) is 11.1. The number of piperazine rings is 1. The lowest BCUT2D eigenvalue weighted by molar-refractivity contribution is -0.145. The molecule has 12 nitrogen and oxygen atoms in total. The molecule has 1 aliphatic heterocycles. The molecule has 8 rings (SSSR count). The molecule has 1 fully saturated rings. The largest absolute Gasteiger partial charge is 0.496 e. The number of pyridine rings is 1. The van der Waals surface area contributed by atoms with E-state index in [0.29, 0.717) is 57.0 Å². The Kier molecular flexibility index (Phi) is 13.2. The molecular weight excluding hydrogens is 824 g/mol. The van der Waals surface area contributed by atoms with Crippen LogP contribution < -0.4 is 18.9 Å². The number of carboxylic acid groups (broad SMARTS) is 1. The minimum Gasteiger partial charge on any atom is -0.496 e. The summed E-state index contributed by atoms with van der Waals surface area (Å²) < 4.78 is 30.0. The van der Waals surface area contributed by atoms with Gasteiger partial charge in [0.15, 0.2) is 5.82 Å². The first-order valence-electron chi connectivity index (χ1n) is 20.4. The number of hydrogen-bond acceptors (Lipinski definition) is 12. The molecule has 1 N–H and O–H groups in total. The van der Waals surface area contributed by atoms with Gasteiger partial charge < -0.3 is 29.0 Å². The summed E-state index contributed by atoms with van der Waals surface area (Å²) in [6.07, 6.45) is 2.12. The molecule has 0 radical (unpaired) electrons. The van der Waals surface area contributed by atoms with Crippen molar-refractivity contribution in [2.75, 3.05) is 53.5 Å². The molecule has 0 aliphatic carbocycles. The van der Waals surface area contributed by atoms with Crippen molar-refractivity contribution in [3.05, 3.63) is 131 Å². The van der Waals surface area contributed by atoms with E-state index in [1.165, 1.54) is 11.5 Å². The minimum absolute atomic E-state index is 0.00312. The molecule has 7 aromatic rings. The lowest BCUT2D eigenvalue weighted by Crippen LogP contribution is -2.45. The highest BCUT2D eigenvalue weighted by atomic mass is 35.5. The van der Waals surface area contributed by atoms with Crippen LogP contribution in [0.25, 0.3) is 43.9 Å². The number of aryl methyl sites for hydroxylation is 1. The van der Waals surface area contributed by atoms with Crippen LogP contribution in [0.15, 0.2) is 103 Å². The number of para-hydroxylation sites is 2. The molecule has 0 saturated carbocycles. The van der Waals surface area contributed by atoms with Crippen molar-refractivity contribution < 1.29 is 28.8 Å². The summed E-state index contributed by atoms with van der Waals surface area (Å²) in [5.41, 5.74) is 7.04. The summed E-state index contributed by atoms with van der Waals surface area (Å²) in [4.78, 5) is 31.9. The number of likely N-dealkylation sites (N-methyl/N-ethyl adjacent to an activating group) is 1. The molecule has 62 heavy (non-hydrogen) atoms. The topological polar surface area (TPSA) is 132 Å². The molecule has 14 heteroatoms. The van der Waals surface area contributed by atoms with Crippen LogP contribution in [-0.4, -0.2) is 99.8 Å². The Balaban J connectivity index is 1.09. The van der Waals surface area contributed by atoms with Gasteiger partial charge in [-0.2, -0.15) is 4.37 Å². The maximum Gasteiger partial charge on any atom is 0.345 e. The molecule has 4 heterocycles. The number of aromatic nitrogens is 4. The van der Waals surface area contributed by atoms with E-state index in [1.54, 1.807) is 31.6 Å². The van der Waals surface area contributed by atoms with Gasteiger partial charge in [-0.05, 0) is 85.0 Å². The zero-order valence-corrected chi connectivity index (χ0v) is 36.6. The van der Waals surface area contributed by atoms with Crippen molar-refractivity contribution in [1.82, 2.24) is 29.1 Å². The van der Waals surface area contributed by atoms with Gasteiger partial charge in [-0.25, -0.2) is 14.8 Å². The van der Waals surface area contributed by atoms with Gasteiger partial charge in [-0.1, -0.05) is 72.3 Å². The number of fused-ring (bicyclic) bond motifs is 1. The highest BCUT2D eigenvalue weighted by Crippen LogP contribution is 2.46. The third kappa shape index (κ3) is 9.36. The summed E-state index contributed by atoms with van der Waals surface area (Å²) >= 11 is 8.31. The molecule has 1 atom stereocenters.